The van der Waals surface area contributed by atoms with Crippen LogP contribution in [0.5, 0.6) is 5.75 Å². The van der Waals surface area contributed by atoms with Gasteiger partial charge in [0.25, 0.3) is 18.1 Å². The highest BCUT2D eigenvalue weighted by molar-refractivity contribution is 8.14. The molecule has 0 aliphatic carbocycles. The molecule has 0 aliphatic rings. The molecule has 0 unspecified atom stereocenters. The smallest absolute Gasteiger partial charge is 0.265 e. The predicted molar refractivity (Wildman–Crippen MR) is 58.6 cm³/mol. The second-order valence-electron chi connectivity index (χ2n) is 2.73. The van der Waals surface area contributed by atoms with Crippen molar-refractivity contribution < 1.29 is 21.9 Å². The van der Waals surface area contributed by atoms with Gasteiger partial charge in [0.05, 0.1) is 5.69 Å². The summed E-state index contributed by atoms with van der Waals surface area (Å²) in [6, 6.07) is 1.33. The van der Waals surface area contributed by atoms with Crippen LogP contribution < -0.4 is 5.73 Å². The van der Waals surface area contributed by atoms with Gasteiger partial charge in [0, 0.05) is 27.4 Å². The topological polar surface area (TPSA) is 115 Å². The van der Waals surface area contributed by atoms with Gasteiger partial charge >= 0.3 is 0 Å². The Kier molecular flexibility index (Phi) is 3.30. The number of hydrogen-bond donors (Lipinski definition) is 2. The number of phenolic OH excluding ortho intramolecular Hbond substituents is 1. The van der Waals surface area contributed by atoms with Gasteiger partial charge in [-0.25, -0.2) is 16.8 Å². The van der Waals surface area contributed by atoms with Crippen LogP contribution in [0.25, 0.3) is 0 Å². The SMILES string of the molecule is Nc1cc(O)c(S(=O)(=O)Cl)cc1S(=O)(=O)Cl. The van der Waals surface area contributed by atoms with E-state index in [9.17, 15) is 21.9 Å². The van der Waals surface area contributed by atoms with Gasteiger partial charge in [0.1, 0.15) is 15.5 Å². The third kappa shape index (κ3) is 2.70. The maximum atomic E-state index is 11.0. The lowest BCUT2D eigenvalue weighted by atomic mass is 10.3. The standard InChI is InChI=1S/C6H5Cl2NO5S2/c7-15(11,12)5-2-6(16(8,13)14)4(10)1-3(5)9/h1-2,10H,9H2. The van der Waals surface area contributed by atoms with Crippen LogP contribution in [0.1, 0.15) is 0 Å². The van der Waals surface area contributed by atoms with Gasteiger partial charge in [0.2, 0.25) is 0 Å². The van der Waals surface area contributed by atoms with E-state index in [-0.39, 0.29) is 5.69 Å². The van der Waals surface area contributed by atoms with Gasteiger partial charge in [0.15, 0.2) is 0 Å². The predicted octanol–water partition coefficient (Wildman–Crippen LogP) is 0.829. The molecule has 0 amide bonds. The minimum Gasteiger partial charge on any atom is -0.506 e. The van der Waals surface area contributed by atoms with Crippen molar-refractivity contribution in [3.63, 3.8) is 0 Å². The molecule has 1 aromatic rings. The minimum absolute atomic E-state index is 0.378. The zero-order valence-electron chi connectivity index (χ0n) is 7.38. The summed E-state index contributed by atoms with van der Waals surface area (Å²) in [7, 11) is 1.47. The Labute approximate surface area is 100 Å². The molecule has 0 spiro atoms. The van der Waals surface area contributed by atoms with Gasteiger partial charge in [-0.3, -0.25) is 0 Å². The number of aromatic hydroxyl groups is 1. The highest BCUT2D eigenvalue weighted by Gasteiger charge is 2.23. The molecule has 0 bridgehead atoms. The molecule has 1 aromatic carbocycles. The van der Waals surface area contributed by atoms with E-state index in [2.05, 4.69) is 0 Å². The fourth-order valence-corrected chi connectivity index (χ4v) is 2.99. The van der Waals surface area contributed by atoms with Crippen LogP contribution in [0.4, 0.5) is 5.69 Å². The lowest BCUT2D eigenvalue weighted by molar-refractivity contribution is 0.459. The summed E-state index contributed by atoms with van der Waals surface area (Å²) in [5, 5.41) is 9.24. The Morgan fingerprint density at radius 2 is 1.44 bits per heavy atom. The van der Waals surface area contributed by atoms with Crippen molar-refractivity contribution in [2.45, 2.75) is 9.79 Å². The number of benzene rings is 1. The molecule has 90 valence electrons. The molecule has 0 aliphatic heterocycles. The molecule has 0 saturated heterocycles. The third-order valence-electron chi connectivity index (χ3n) is 1.62. The average Bonchev–Trinajstić information content (AvgIpc) is 1.97. The highest BCUT2D eigenvalue weighted by Crippen LogP contribution is 2.33. The Bertz CT molecular complexity index is 584. The molecule has 0 aromatic heterocycles. The van der Waals surface area contributed by atoms with Crippen LogP contribution in [0.2, 0.25) is 0 Å². The molecular formula is C6H5Cl2NO5S2. The maximum Gasteiger partial charge on any atom is 0.265 e. The first kappa shape index (κ1) is 13.4. The van der Waals surface area contributed by atoms with Gasteiger partial charge in [-0.15, -0.1) is 0 Å². The second-order valence-corrected chi connectivity index (χ2v) is 7.80. The largest absolute Gasteiger partial charge is 0.506 e. The molecule has 3 N–H and O–H groups in total. The van der Waals surface area contributed by atoms with Gasteiger partial charge in [-0.2, -0.15) is 0 Å². The van der Waals surface area contributed by atoms with Gasteiger partial charge in [-0.1, -0.05) is 0 Å². The Balaban J connectivity index is 3.72. The molecular weight excluding hydrogens is 301 g/mol. The van der Waals surface area contributed by atoms with Crippen molar-refractivity contribution in [1.29, 1.82) is 0 Å². The first-order valence-electron chi connectivity index (χ1n) is 3.55. The van der Waals surface area contributed by atoms with E-state index < -0.39 is 33.6 Å². The van der Waals surface area contributed by atoms with Gasteiger partial charge < -0.3 is 10.8 Å². The lowest BCUT2D eigenvalue weighted by Crippen LogP contribution is -2.01. The highest BCUT2D eigenvalue weighted by atomic mass is 35.7. The molecule has 0 heterocycles. The third-order valence-corrected chi connectivity index (χ3v) is 4.35. The average molecular weight is 306 g/mol. The zero-order chi connectivity index (χ0) is 12.7. The summed E-state index contributed by atoms with van der Waals surface area (Å²) < 4.78 is 44.0. The van der Waals surface area contributed by atoms with Crippen LogP contribution in [0.15, 0.2) is 21.9 Å². The fourth-order valence-electron chi connectivity index (χ4n) is 0.972. The van der Waals surface area contributed by atoms with E-state index in [1.807, 2.05) is 0 Å². The minimum atomic E-state index is -4.29. The van der Waals surface area contributed by atoms with Crippen LogP contribution in [-0.4, -0.2) is 21.9 Å². The molecule has 0 atom stereocenters. The van der Waals surface area contributed by atoms with Crippen LogP contribution in [0.3, 0.4) is 0 Å². The summed E-state index contributed by atoms with van der Waals surface area (Å²) in [5.41, 5.74) is 4.88. The summed E-state index contributed by atoms with van der Waals surface area (Å²) >= 11 is 0. The van der Waals surface area contributed by atoms with Crippen LogP contribution >= 0.6 is 21.4 Å². The monoisotopic (exact) mass is 305 g/mol. The fraction of sp³-hybridized carbons (Fsp3) is 0. The summed E-state index contributed by atoms with van der Waals surface area (Å²) in [6.45, 7) is 0. The van der Waals surface area contributed by atoms with Crippen molar-refractivity contribution >= 4 is 45.2 Å². The molecule has 1 rings (SSSR count). The van der Waals surface area contributed by atoms with E-state index in [1.54, 1.807) is 0 Å². The van der Waals surface area contributed by atoms with Crippen molar-refractivity contribution in [1.82, 2.24) is 0 Å². The summed E-state index contributed by atoms with van der Waals surface area (Å²) in [5.74, 6) is -0.753. The summed E-state index contributed by atoms with van der Waals surface area (Å²) in [6.07, 6.45) is 0. The van der Waals surface area contributed by atoms with Crippen molar-refractivity contribution in [3.8, 4) is 5.75 Å². The first-order valence-corrected chi connectivity index (χ1v) is 8.17. The van der Waals surface area contributed by atoms with Crippen molar-refractivity contribution in [3.05, 3.63) is 12.1 Å². The molecule has 0 radical (unpaired) electrons. The van der Waals surface area contributed by atoms with E-state index in [0.29, 0.717) is 6.07 Å². The van der Waals surface area contributed by atoms with Crippen molar-refractivity contribution in [2.75, 3.05) is 5.73 Å². The number of hydrogen-bond acceptors (Lipinski definition) is 6. The number of nitrogen functional groups attached to an aromatic ring is 1. The van der Waals surface area contributed by atoms with Gasteiger partial charge in [-0.05, 0) is 6.07 Å². The second kappa shape index (κ2) is 3.95. The number of halogens is 2. The number of nitrogens with two attached hydrogens (primary N) is 1. The quantitative estimate of drug-likeness (QED) is 0.618. The molecule has 10 heteroatoms. The zero-order valence-corrected chi connectivity index (χ0v) is 10.5. The molecule has 0 fully saturated rings. The Morgan fingerprint density at radius 3 is 1.81 bits per heavy atom. The lowest BCUT2D eigenvalue weighted by Gasteiger charge is -2.06. The van der Waals surface area contributed by atoms with Crippen LogP contribution in [0, 0.1) is 0 Å². The summed E-state index contributed by atoms with van der Waals surface area (Å²) in [4.78, 5) is -1.41. The normalized spacial score (nSPS) is 12.6. The Morgan fingerprint density at radius 1 is 1.00 bits per heavy atom. The van der Waals surface area contributed by atoms with Crippen molar-refractivity contribution in [2.24, 2.45) is 0 Å². The van der Waals surface area contributed by atoms with Crippen LogP contribution in [-0.2, 0) is 18.1 Å². The van der Waals surface area contributed by atoms with E-state index >= 15 is 0 Å². The number of anilines is 1. The maximum absolute atomic E-state index is 11.0. The van der Waals surface area contributed by atoms with E-state index in [4.69, 9.17) is 27.1 Å². The Hall–Kier alpha value is -0.700. The molecule has 16 heavy (non-hydrogen) atoms. The molecule has 6 nitrogen and oxygen atoms in total. The molecule has 0 saturated carbocycles. The first-order chi connectivity index (χ1) is 7.03. The van der Waals surface area contributed by atoms with E-state index in [1.165, 1.54) is 0 Å². The van der Waals surface area contributed by atoms with E-state index in [0.717, 1.165) is 6.07 Å². The number of rotatable bonds is 2. The number of phenols is 1.